The molecule has 0 bridgehead atoms. The van der Waals surface area contributed by atoms with Gasteiger partial charge in [-0.2, -0.15) is 5.48 Å². The molecule has 94 valence electrons. The fourth-order valence-electron chi connectivity index (χ4n) is 0.996. The number of benzene rings is 1. The quantitative estimate of drug-likeness (QED) is 0.717. The minimum Gasteiger partial charge on any atom is -0.491 e. The molecule has 0 spiro atoms. The second-order valence-electron chi connectivity index (χ2n) is 3.18. The van der Waals surface area contributed by atoms with Gasteiger partial charge in [0.05, 0.1) is 7.11 Å². The van der Waals surface area contributed by atoms with Crippen molar-refractivity contribution in [1.29, 1.82) is 0 Å². The molecule has 0 heterocycles. The highest BCUT2D eigenvalue weighted by molar-refractivity contribution is 5.65. The summed E-state index contributed by atoms with van der Waals surface area (Å²) in [4.78, 5) is 15.3. The number of para-hydroxylation sites is 1. The van der Waals surface area contributed by atoms with Crippen LogP contribution in [0.4, 0.5) is 4.79 Å². The van der Waals surface area contributed by atoms with Gasteiger partial charge in [0, 0.05) is 0 Å². The summed E-state index contributed by atoms with van der Waals surface area (Å²) in [5.41, 5.74) is 1.98. The first kappa shape index (κ1) is 13.3. The molecule has 0 fully saturated rings. The van der Waals surface area contributed by atoms with E-state index < -0.39 is 12.2 Å². The Morgan fingerprint density at radius 3 is 2.71 bits per heavy atom. The smallest absolute Gasteiger partial charge is 0.431 e. The number of aliphatic hydroxyl groups excluding tert-OH is 1. The van der Waals surface area contributed by atoms with Crippen LogP contribution in [0.2, 0.25) is 0 Å². The van der Waals surface area contributed by atoms with Crippen LogP contribution >= 0.6 is 0 Å². The zero-order valence-corrected chi connectivity index (χ0v) is 9.46. The van der Waals surface area contributed by atoms with Crippen molar-refractivity contribution in [3.05, 3.63) is 30.3 Å². The molecule has 6 heteroatoms. The summed E-state index contributed by atoms with van der Waals surface area (Å²) in [5.74, 6) is 0.660. The van der Waals surface area contributed by atoms with Gasteiger partial charge in [-0.1, -0.05) is 18.2 Å². The van der Waals surface area contributed by atoms with Crippen LogP contribution in [-0.2, 0) is 9.57 Å². The Kier molecular flexibility index (Phi) is 5.84. The number of carbonyl (C=O) groups excluding carboxylic acids is 1. The van der Waals surface area contributed by atoms with Crippen molar-refractivity contribution < 1.29 is 24.2 Å². The number of amides is 1. The molecule has 17 heavy (non-hydrogen) atoms. The first-order valence-corrected chi connectivity index (χ1v) is 5.04. The summed E-state index contributed by atoms with van der Waals surface area (Å²) >= 11 is 0. The van der Waals surface area contributed by atoms with Crippen molar-refractivity contribution in [2.24, 2.45) is 0 Å². The van der Waals surface area contributed by atoms with Crippen LogP contribution in [0, 0.1) is 0 Å². The number of hydrogen-bond donors (Lipinski definition) is 2. The summed E-state index contributed by atoms with van der Waals surface area (Å²) < 4.78 is 9.55. The summed E-state index contributed by atoms with van der Waals surface area (Å²) in [6, 6.07) is 9.08. The Hall–Kier alpha value is -1.79. The molecule has 1 aromatic carbocycles. The lowest BCUT2D eigenvalue weighted by Gasteiger charge is -2.12. The third kappa shape index (κ3) is 5.74. The largest absolute Gasteiger partial charge is 0.491 e. The maximum Gasteiger partial charge on any atom is 0.431 e. The molecule has 6 nitrogen and oxygen atoms in total. The molecule has 1 rings (SSSR count). The average Bonchev–Trinajstić information content (AvgIpc) is 2.37. The van der Waals surface area contributed by atoms with Crippen LogP contribution in [0.3, 0.4) is 0 Å². The Balaban J connectivity index is 2.13. The molecule has 0 saturated heterocycles. The Bertz CT molecular complexity index is 330. The van der Waals surface area contributed by atoms with Crippen molar-refractivity contribution in [3.63, 3.8) is 0 Å². The Morgan fingerprint density at radius 1 is 1.35 bits per heavy atom. The normalized spacial score (nSPS) is 11.6. The predicted octanol–water partition coefficient (Wildman–Crippen LogP) is 0.714. The van der Waals surface area contributed by atoms with Gasteiger partial charge in [-0.3, -0.25) is 4.84 Å². The highest BCUT2D eigenvalue weighted by Crippen LogP contribution is 2.08. The zero-order valence-electron chi connectivity index (χ0n) is 9.46. The van der Waals surface area contributed by atoms with E-state index in [0.717, 1.165) is 0 Å². The number of methoxy groups -OCH3 is 1. The van der Waals surface area contributed by atoms with Crippen molar-refractivity contribution in [1.82, 2.24) is 5.48 Å². The number of ether oxygens (including phenoxy) is 2. The van der Waals surface area contributed by atoms with E-state index in [4.69, 9.17) is 4.74 Å². The second kappa shape index (κ2) is 7.48. The van der Waals surface area contributed by atoms with E-state index in [-0.39, 0.29) is 13.2 Å². The number of nitrogens with one attached hydrogen (secondary N) is 1. The monoisotopic (exact) mass is 241 g/mol. The SMILES string of the molecule is COC(=O)NOCC(O)COc1ccccc1. The third-order valence-electron chi connectivity index (χ3n) is 1.80. The third-order valence-corrected chi connectivity index (χ3v) is 1.80. The molecule has 1 aromatic rings. The molecular formula is C11H15NO5. The summed E-state index contributed by atoms with van der Waals surface area (Å²) in [6.45, 7) is -0.00516. The summed E-state index contributed by atoms with van der Waals surface area (Å²) in [5, 5.41) is 9.45. The molecule has 1 amide bonds. The van der Waals surface area contributed by atoms with Crippen molar-refractivity contribution >= 4 is 6.09 Å². The summed E-state index contributed by atoms with van der Waals surface area (Å²) in [7, 11) is 1.22. The van der Waals surface area contributed by atoms with Crippen molar-refractivity contribution in [3.8, 4) is 5.75 Å². The number of carbonyl (C=O) groups is 1. The molecular weight excluding hydrogens is 226 g/mol. The highest BCUT2D eigenvalue weighted by Gasteiger charge is 2.07. The van der Waals surface area contributed by atoms with Crippen molar-refractivity contribution in [2.75, 3.05) is 20.3 Å². The van der Waals surface area contributed by atoms with Gasteiger partial charge >= 0.3 is 6.09 Å². The Morgan fingerprint density at radius 2 is 2.06 bits per heavy atom. The zero-order chi connectivity index (χ0) is 12.5. The molecule has 0 aromatic heterocycles. The lowest BCUT2D eigenvalue weighted by molar-refractivity contribution is -0.0289. The number of aliphatic hydroxyl groups is 1. The lowest BCUT2D eigenvalue weighted by atomic mass is 10.3. The van der Waals surface area contributed by atoms with E-state index in [9.17, 15) is 9.90 Å². The topological polar surface area (TPSA) is 77.0 Å². The van der Waals surface area contributed by atoms with Crippen LogP contribution < -0.4 is 10.2 Å². The molecule has 2 N–H and O–H groups in total. The highest BCUT2D eigenvalue weighted by atomic mass is 16.7. The number of rotatable bonds is 6. The van der Waals surface area contributed by atoms with Gasteiger partial charge in [-0.05, 0) is 12.1 Å². The Labute approximate surface area is 99.1 Å². The molecule has 0 aliphatic heterocycles. The standard InChI is InChI=1S/C11H15NO5/c1-15-11(14)12-17-8-9(13)7-16-10-5-3-2-4-6-10/h2-6,9,13H,7-8H2,1H3,(H,12,14). The second-order valence-corrected chi connectivity index (χ2v) is 3.18. The number of hydrogen-bond acceptors (Lipinski definition) is 5. The lowest BCUT2D eigenvalue weighted by Crippen LogP contribution is -2.31. The van der Waals surface area contributed by atoms with Gasteiger partial charge in [0.25, 0.3) is 0 Å². The molecule has 0 saturated carbocycles. The average molecular weight is 241 g/mol. The van der Waals surface area contributed by atoms with Gasteiger partial charge in [-0.15, -0.1) is 0 Å². The molecule has 1 atom stereocenters. The van der Waals surface area contributed by atoms with E-state index in [1.54, 1.807) is 12.1 Å². The molecule has 1 unspecified atom stereocenters. The minimum atomic E-state index is -0.840. The number of hydroxylamine groups is 1. The molecule has 0 radical (unpaired) electrons. The molecule has 0 aliphatic carbocycles. The maximum absolute atomic E-state index is 10.6. The van der Waals surface area contributed by atoms with E-state index in [1.165, 1.54) is 7.11 Å². The maximum atomic E-state index is 10.6. The van der Waals surface area contributed by atoms with Gasteiger partial charge in [0.15, 0.2) is 0 Å². The first-order chi connectivity index (χ1) is 8.22. The van der Waals surface area contributed by atoms with Gasteiger partial charge in [-0.25, -0.2) is 4.79 Å². The van der Waals surface area contributed by atoms with Crippen LogP contribution in [0.5, 0.6) is 5.75 Å². The van der Waals surface area contributed by atoms with Crippen LogP contribution in [-0.4, -0.2) is 37.6 Å². The van der Waals surface area contributed by atoms with E-state index >= 15 is 0 Å². The van der Waals surface area contributed by atoms with Crippen LogP contribution in [0.1, 0.15) is 0 Å². The van der Waals surface area contributed by atoms with Crippen molar-refractivity contribution in [2.45, 2.75) is 6.10 Å². The molecule has 0 aliphatic rings. The van der Waals surface area contributed by atoms with E-state index in [0.29, 0.717) is 5.75 Å². The fourth-order valence-corrected chi connectivity index (χ4v) is 0.996. The van der Waals surface area contributed by atoms with Crippen LogP contribution in [0.25, 0.3) is 0 Å². The van der Waals surface area contributed by atoms with Gasteiger partial charge < -0.3 is 14.6 Å². The van der Waals surface area contributed by atoms with Gasteiger partial charge in [0.1, 0.15) is 25.1 Å². The fraction of sp³-hybridized carbons (Fsp3) is 0.364. The van der Waals surface area contributed by atoms with Gasteiger partial charge in [0.2, 0.25) is 0 Å². The van der Waals surface area contributed by atoms with Crippen LogP contribution in [0.15, 0.2) is 30.3 Å². The predicted molar refractivity (Wildman–Crippen MR) is 59.4 cm³/mol. The van der Waals surface area contributed by atoms with E-state index in [2.05, 4.69) is 9.57 Å². The van der Waals surface area contributed by atoms with E-state index in [1.807, 2.05) is 23.7 Å². The summed E-state index contributed by atoms with van der Waals surface area (Å²) in [6.07, 6.45) is -1.56. The minimum absolute atomic E-state index is 0.0763. The first-order valence-electron chi connectivity index (χ1n) is 5.04.